The summed E-state index contributed by atoms with van der Waals surface area (Å²) in [4.78, 5) is 14.7. The predicted octanol–water partition coefficient (Wildman–Crippen LogP) is 11.3. The maximum absolute atomic E-state index is 9.55. The fourth-order valence-corrected chi connectivity index (χ4v) is 5.97. The summed E-state index contributed by atoms with van der Waals surface area (Å²) in [6, 6.07) is 38.8. The molecule has 0 radical (unpaired) electrons. The molecule has 0 saturated heterocycles. The molecule has 47 heavy (non-hydrogen) atoms. The number of furan rings is 1. The Morgan fingerprint density at radius 2 is 1.00 bits per heavy atom. The summed E-state index contributed by atoms with van der Waals surface area (Å²) >= 11 is 0. The fraction of sp³-hybridized carbons (Fsp3) is 0. The van der Waals surface area contributed by atoms with Crippen molar-refractivity contribution in [2.24, 2.45) is 0 Å². The Balaban J connectivity index is 1.36. The lowest BCUT2D eigenvalue weighted by Gasteiger charge is -2.11. The van der Waals surface area contributed by atoms with E-state index in [1.807, 2.05) is 127 Å². The first kappa shape index (κ1) is 21.4. The van der Waals surface area contributed by atoms with Crippen molar-refractivity contribution >= 4 is 32.7 Å². The molecule has 2 heterocycles. The van der Waals surface area contributed by atoms with Crippen LogP contribution in [0.3, 0.4) is 0 Å². The molecule has 0 amide bonds. The minimum Gasteiger partial charge on any atom is -0.455 e. The minimum absolute atomic E-state index is 0.0738. The Bertz CT molecular complexity index is 2900. The summed E-state index contributed by atoms with van der Waals surface area (Å²) in [5, 5.41) is 2.23. The zero-order valence-electron chi connectivity index (χ0n) is 30.9. The van der Waals surface area contributed by atoms with Crippen LogP contribution in [0.2, 0.25) is 0 Å². The SMILES string of the molecule is [2H]c1c([2H])c([2H])c2c(oc3c(-c4ccc5ccccc5c4)c([2H])c([2H])c(-c4nc(-c5ccccc5)nc(-c5ccc(-c6ccccc6)cc5)n4)c32)c1[2H]. The molecule has 2 aromatic heterocycles. The van der Waals surface area contributed by atoms with Gasteiger partial charge in [0.25, 0.3) is 0 Å². The molecule has 9 aromatic rings. The first-order valence-electron chi connectivity index (χ1n) is 18.2. The molecule has 0 aliphatic carbocycles. The van der Waals surface area contributed by atoms with Gasteiger partial charge in [-0.25, -0.2) is 15.0 Å². The molecule has 220 valence electrons. The maximum atomic E-state index is 9.55. The van der Waals surface area contributed by atoms with E-state index < -0.39 is 12.1 Å². The van der Waals surface area contributed by atoms with Crippen LogP contribution in [0.15, 0.2) is 168 Å². The monoisotopic (exact) mass is 607 g/mol. The minimum atomic E-state index is -0.444. The second-order valence-corrected chi connectivity index (χ2v) is 11.2. The smallest absolute Gasteiger partial charge is 0.164 e. The third-order valence-electron chi connectivity index (χ3n) is 8.30. The average molecular weight is 608 g/mol. The molecule has 0 unspecified atom stereocenters. The standard InChI is InChI=1S/C43H27N3O/c1-3-11-28(12-4-1)30-19-22-32(23-20-30)42-44-41(31-14-5-2-6-15-31)45-43(46-42)37-26-25-35(34-24-21-29-13-7-8-16-33(29)27-34)40-39(37)36-17-9-10-18-38(36)47-40/h1-27H/i9D,10D,17D,18D,25D,26D. The molecule has 0 spiro atoms. The fourth-order valence-electron chi connectivity index (χ4n) is 5.97. The number of hydrogen-bond donors (Lipinski definition) is 0. The van der Waals surface area contributed by atoms with Crippen LogP contribution in [0.5, 0.6) is 0 Å². The zero-order chi connectivity index (χ0) is 36.4. The predicted molar refractivity (Wildman–Crippen MR) is 192 cm³/mol. The second kappa shape index (κ2) is 11.2. The first-order chi connectivity index (χ1) is 25.8. The Hall–Kier alpha value is -6.39. The number of fused-ring (bicyclic) bond motifs is 4. The third-order valence-corrected chi connectivity index (χ3v) is 8.30. The lowest BCUT2D eigenvalue weighted by atomic mass is 9.96. The number of para-hydroxylation sites is 1. The molecule has 0 N–H and O–H groups in total. The molecule has 0 atom stereocenters. The molecular formula is C43H27N3O. The Labute approximate surface area is 280 Å². The van der Waals surface area contributed by atoms with Crippen molar-refractivity contribution in [3.8, 4) is 56.4 Å². The highest BCUT2D eigenvalue weighted by Gasteiger charge is 2.20. The van der Waals surface area contributed by atoms with Gasteiger partial charge < -0.3 is 4.42 Å². The average Bonchev–Trinajstić information content (AvgIpc) is 3.60. The highest BCUT2D eigenvalue weighted by Crippen LogP contribution is 2.42. The Morgan fingerprint density at radius 1 is 0.447 bits per heavy atom. The summed E-state index contributed by atoms with van der Waals surface area (Å²) in [6.45, 7) is 0. The largest absolute Gasteiger partial charge is 0.455 e. The summed E-state index contributed by atoms with van der Waals surface area (Å²) in [5.41, 5.74) is 4.57. The molecule has 7 aromatic carbocycles. The van der Waals surface area contributed by atoms with E-state index in [9.17, 15) is 2.74 Å². The summed E-state index contributed by atoms with van der Waals surface area (Å²) in [5.74, 6) is 0.746. The summed E-state index contributed by atoms with van der Waals surface area (Å²) in [7, 11) is 0. The molecule has 0 bridgehead atoms. The van der Waals surface area contributed by atoms with E-state index in [-0.39, 0.29) is 57.5 Å². The van der Waals surface area contributed by atoms with Gasteiger partial charge in [0.1, 0.15) is 11.2 Å². The van der Waals surface area contributed by atoms with Crippen molar-refractivity contribution in [3.05, 3.63) is 164 Å². The zero-order valence-corrected chi connectivity index (χ0v) is 24.9. The van der Waals surface area contributed by atoms with Crippen LogP contribution in [0.1, 0.15) is 8.22 Å². The number of nitrogens with zero attached hydrogens (tertiary/aromatic N) is 3. The molecule has 4 heteroatoms. The van der Waals surface area contributed by atoms with Gasteiger partial charge in [-0.1, -0.05) is 139 Å². The van der Waals surface area contributed by atoms with Crippen molar-refractivity contribution in [2.45, 2.75) is 0 Å². The normalized spacial score (nSPS) is 13.2. The van der Waals surface area contributed by atoms with E-state index in [1.165, 1.54) is 0 Å². The third kappa shape index (κ3) is 4.84. The van der Waals surface area contributed by atoms with Gasteiger partial charge in [0, 0.05) is 33.0 Å². The van der Waals surface area contributed by atoms with E-state index in [1.54, 1.807) is 0 Å². The second-order valence-electron chi connectivity index (χ2n) is 11.2. The van der Waals surface area contributed by atoms with E-state index >= 15 is 0 Å². The molecule has 4 nitrogen and oxygen atoms in total. The number of benzene rings is 7. The van der Waals surface area contributed by atoms with Crippen LogP contribution in [0.4, 0.5) is 0 Å². The highest BCUT2D eigenvalue weighted by atomic mass is 16.3. The van der Waals surface area contributed by atoms with Crippen molar-refractivity contribution in [1.29, 1.82) is 0 Å². The van der Waals surface area contributed by atoms with Gasteiger partial charge in [-0.05, 0) is 51.7 Å². The van der Waals surface area contributed by atoms with Crippen molar-refractivity contribution in [2.75, 3.05) is 0 Å². The van der Waals surface area contributed by atoms with E-state index in [4.69, 9.17) is 24.9 Å². The first-order valence-corrected chi connectivity index (χ1v) is 15.2. The van der Waals surface area contributed by atoms with Crippen LogP contribution in [-0.2, 0) is 0 Å². The van der Waals surface area contributed by atoms with Gasteiger partial charge in [-0.15, -0.1) is 0 Å². The van der Waals surface area contributed by atoms with Gasteiger partial charge in [-0.3, -0.25) is 0 Å². The van der Waals surface area contributed by atoms with Gasteiger partial charge >= 0.3 is 0 Å². The van der Waals surface area contributed by atoms with Crippen LogP contribution >= 0.6 is 0 Å². The quantitative estimate of drug-likeness (QED) is 0.195. The topological polar surface area (TPSA) is 51.8 Å². The Morgan fingerprint density at radius 3 is 1.77 bits per heavy atom. The number of rotatable bonds is 5. The van der Waals surface area contributed by atoms with Crippen molar-refractivity contribution in [3.63, 3.8) is 0 Å². The molecule has 0 saturated carbocycles. The van der Waals surface area contributed by atoms with Crippen LogP contribution in [-0.4, -0.2) is 15.0 Å². The number of aromatic nitrogens is 3. The molecular weight excluding hydrogens is 574 g/mol. The van der Waals surface area contributed by atoms with Gasteiger partial charge in [0.15, 0.2) is 17.5 Å². The van der Waals surface area contributed by atoms with E-state index in [0.717, 1.165) is 21.9 Å². The van der Waals surface area contributed by atoms with Crippen LogP contribution in [0.25, 0.3) is 89.1 Å². The summed E-state index contributed by atoms with van der Waals surface area (Å²) in [6.07, 6.45) is 0. The lowest BCUT2D eigenvalue weighted by molar-refractivity contribution is 0.670. The Kier molecular flexibility index (Phi) is 5.09. The van der Waals surface area contributed by atoms with Crippen LogP contribution in [0, 0.1) is 0 Å². The molecule has 0 aliphatic rings. The van der Waals surface area contributed by atoms with Gasteiger partial charge in [0.05, 0.1) is 8.22 Å². The van der Waals surface area contributed by atoms with E-state index in [2.05, 4.69) is 0 Å². The van der Waals surface area contributed by atoms with Gasteiger partial charge in [0.2, 0.25) is 0 Å². The lowest BCUT2D eigenvalue weighted by Crippen LogP contribution is -2.00. The van der Waals surface area contributed by atoms with Crippen molar-refractivity contribution < 1.29 is 12.6 Å². The molecule has 9 rings (SSSR count). The maximum Gasteiger partial charge on any atom is 0.164 e. The summed E-state index contributed by atoms with van der Waals surface area (Å²) < 4.78 is 60.2. The molecule has 0 aliphatic heterocycles. The number of hydrogen-bond acceptors (Lipinski definition) is 4. The van der Waals surface area contributed by atoms with Gasteiger partial charge in [-0.2, -0.15) is 0 Å². The van der Waals surface area contributed by atoms with Crippen LogP contribution < -0.4 is 0 Å². The molecule has 0 fully saturated rings. The highest BCUT2D eigenvalue weighted by molar-refractivity contribution is 6.16. The van der Waals surface area contributed by atoms with E-state index in [0.29, 0.717) is 33.9 Å². The van der Waals surface area contributed by atoms with Crippen molar-refractivity contribution in [1.82, 2.24) is 15.0 Å².